The summed E-state index contributed by atoms with van der Waals surface area (Å²) in [5, 5.41) is 10.5. The third kappa shape index (κ3) is 18.4. The maximum absolute atomic E-state index is 11.6. The second-order valence-corrected chi connectivity index (χ2v) is 10.6. The van der Waals surface area contributed by atoms with Gasteiger partial charge in [0, 0.05) is 0 Å². The van der Waals surface area contributed by atoms with Crippen molar-refractivity contribution in [1.29, 1.82) is 0 Å². The van der Waals surface area contributed by atoms with Crippen molar-refractivity contribution in [2.75, 3.05) is 0 Å². The number of hydrogen-bond acceptors (Lipinski definition) is 4. The summed E-state index contributed by atoms with van der Waals surface area (Å²) in [6.45, 7) is 4.43. The maximum Gasteiger partial charge on any atom is 1.00 e. The second kappa shape index (κ2) is 21.7. The molecule has 0 saturated carbocycles. The van der Waals surface area contributed by atoms with E-state index in [0.29, 0.717) is 12.8 Å². The van der Waals surface area contributed by atoms with Gasteiger partial charge in [-0.1, -0.05) is 123 Å². The molecule has 0 aromatic rings. The molecule has 0 spiro atoms. The fraction of sp³-hybridized carbons (Fsp3) is 1.00. The van der Waals surface area contributed by atoms with Gasteiger partial charge in [0.25, 0.3) is 0 Å². The molecule has 6 heteroatoms. The van der Waals surface area contributed by atoms with Crippen LogP contribution in [-0.2, 0) is 10.1 Å². The molecule has 0 rings (SSSR count). The number of aliphatic hydroxyl groups is 1. The quantitative estimate of drug-likeness (QED) is 0.148. The summed E-state index contributed by atoms with van der Waals surface area (Å²) >= 11 is 0. The Labute approximate surface area is 210 Å². The molecule has 0 aliphatic rings. The van der Waals surface area contributed by atoms with E-state index < -0.39 is 15.1 Å². The Kier molecular flexibility index (Phi) is 23.9. The standard InChI is InChI=1S/C24H50O4S.Na/c1-3-5-7-9-11-13-15-17-19-21-23-24(25,29(26,27)28)22-20-18-16-14-12-10-8-6-4-2;/h25H,3-23H2,1-2H3,(H,26,27,28);/q;+1/p-1. The van der Waals surface area contributed by atoms with Crippen LogP contribution in [0.3, 0.4) is 0 Å². The Bertz CT molecular complexity index is 456. The van der Waals surface area contributed by atoms with Gasteiger partial charge >= 0.3 is 29.6 Å². The number of unbranched alkanes of at least 4 members (excludes halogenated alkanes) is 17. The van der Waals surface area contributed by atoms with Crippen LogP contribution in [0, 0.1) is 0 Å². The van der Waals surface area contributed by atoms with Crippen LogP contribution in [0.15, 0.2) is 0 Å². The summed E-state index contributed by atoms with van der Waals surface area (Å²) in [5.41, 5.74) is 0. The van der Waals surface area contributed by atoms with E-state index in [1.54, 1.807) is 0 Å². The summed E-state index contributed by atoms with van der Waals surface area (Å²) in [6.07, 6.45) is 21.7. The van der Waals surface area contributed by atoms with Crippen molar-refractivity contribution in [3.63, 3.8) is 0 Å². The Morgan fingerprint density at radius 1 is 0.567 bits per heavy atom. The first-order chi connectivity index (χ1) is 13.9. The first-order valence-corrected chi connectivity index (χ1v) is 14.0. The summed E-state index contributed by atoms with van der Waals surface area (Å²) in [4.78, 5) is -2.06. The van der Waals surface area contributed by atoms with Gasteiger partial charge in [-0.2, -0.15) is 0 Å². The van der Waals surface area contributed by atoms with Crippen LogP contribution in [0.5, 0.6) is 0 Å². The van der Waals surface area contributed by atoms with Gasteiger partial charge in [-0.05, 0) is 25.7 Å². The predicted molar refractivity (Wildman–Crippen MR) is 123 cm³/mol. The van der Waals surface area contributed by atoms with E-state index in [0.717, 1.165) is 38.5 Å². The van der Waals surface area contributed by atoms with Gasteiger partial charge in [0.2, 0.25) is 0 Å². The van der Waals surface area contributed by atoms with E-state index in [9.17, 15) is 18.1 Å². The van der Waals surface area contributed by atoms with E-state index in [4.69, 9.17) is 0 Å². The summed E-state index contributed by atoms with van der Waals surface area (Å²) in [6, 6.07) is 0. The van der Waals surface area contributed by atoms with Gasteiger partial charge in [-0.25, -0.2) is 8.42 Å². The maximum atomic E-state index is 11.6. The van der Waals surface area contributed by atoms with Crippen molar-refractivity contribution < 1.29 is 47.6 Å². The topological polar surface area (TPSA) is 77.4 Å². The van der Waals surface area contributed by atoms with E-state index in [1.807, 2.05) is 0 Å². The van der Waals surface area contributed by atoms with E-state index >= 15 is 0 Å². The molecule has 1 N–H and O–H groups in total. The van der Waals surface area contributed by atoms with Crippen LogP contribution < -0.4 is 29.6 Å². The third-order valence-electron chi connectivity index (χ3n) is 6.06. The van der Waals surface area contributed by atoms with Gasteiger partial charge in [0.05, 0.1) is 0 Å². The van der Waals surface area contributed by atoms with Crippen molar-refractivity contribution in [3.05, 3.63) is 0 Å². The molecular weight excluding hydrogens is 407 g/mol. The summed E-state index contributed by atoms with van der Waals surface area (Å²) in [5.74, 6) is 0. The molecule has 0 aromatic carbocycles. The molecule has 0 fully saturated rings. The Morgan fingerprint density at radius 3 is 1.03 bits per heavy atom. The fourth-order valence-electron chi connectivity index (χ4n) is 3.98. The van der Waals surface area contributed by atoms with Crippen molar-refractivity contribution in [3.8, 4) is 0 Å². The number of rotatable bonds is 22. The van der Waals surface area contributed by atoms with Gasteiger partial charge < -0.3 is 9.66 Å². The number of hydrogen-bond donors (Lipinski definition) is 1. The van der Waals surface area contributed by atoms with Crippen molar-refractivity contribution >= 4 is 10.1 Å². The van der Waals surface area contributed by atoms with Gasteiger partial charge in [0.15, 0.2) is 4.93 Å². The molecule has 0 amide bonds. The zero-order valence-electron chi connectivity index (χ0n) is 20.4. The Morgan fingerprint density at radius 2 is 0.800 bits per heavy atom. The average molecular weight is 457 g/mol. The molecule has 4 nitrogen and oxygen atoms in total. The normalized spacial score (nSPS) is 13.7. The van der Waals surface area contributed by atoms with Gasteiger partial charge in [0.1, 0.15) is 10.1 Å². The van der Waals surface area contributed by atoms with Crippen LogP contribution in [0.4, 0.5) is 0 Å². The van der Waals surface area contributed by atoms with Crippen LogP contribution in [0.2, 0.25) is 0 Å². The van der Waals surface area contributed by atoms with Crippen LogP contribution >= 0.6 is 0 Å². The molecular formula is C24H49NaO4S. The monoisotopic (exact) mass is 456 g/mol. The van der Waals surface area contributed by atoms with E-state index in [-0.39, 0.29) is 42.4 Å². The minimum atomic E-state index is -4.68. The van der Waals surface area contributed by atoms with Crippen molar-refractivity contribution in [2.24, 2.45) is 0 Å². The molecule has 0 aliphatic heterocycles. The minimum Gasteiger partial charge on any atom is -0.746 e. The zero-order chi connectivity index (χ0) is 21.8. The van der Waals surface area contributed by atoms with Gasteiger partial charge in [-0.3, -0.25) is 0 Å². The minimum absolute atomic E-state index is 0. The molecule has 0 aromatic heterocycles. The zero-order valence-corrected chi connectivity index (χ0v) is 23.2. The molecule has 0 bridgehead atoms. The molecule has 0 saturated heterocycles. The second-order valence-electron chi connectivity index (χ2n) is 8.91. The first kappa shape index (κ1) is 33.0. The van der Waals surface area contributed by atoms with Gasteiger partial charge in [-0.15, -0.1) is 0 Å². The Hall–Kier alpha value is 0.870. The Balaban J connectivity index is 0. The fourth-order valence-corrected chi connectivity index (χ4v) is 4.76. The molecule has 0 heterocycles. The molecule has 1 atom stereocenters. The molecule has 0 aliphatic carbocycles. The molecule has 1 unspecified atom stereocenters. The van der Waals surface area contributed by atoms with Crippen LogP contribution in [-0.4, -0.2) is 23.0 Å². The smallest absolute Gasteiger partial charge is 0.746 e. The summed E-state index contributed by atoms with van der Waals surface area (Å²) in [7, 11) is -4.68. The predicted octanol–water partition coefficient (Wildman–Crippen LogP) is 4.46. The average Bonchev–Trinajstić information content (AvgIpc) is 2.67. The first-order valence-electron chi connectivity index (χ1n) is 12.5. The largest absolute Gasteiger partial charge is 1.00 e. The molecule has 30 heavy (non-hydrogen) atoms. The molecule has 0 radical (unpaired) electrons. The SMILES string of the molecule is CCCCCCCCCCCCC(O)(CCCCCCCCCCC)S(=O)(=O)[O-].[Na+]. The van der Waals surface area contributed by atoms with Crippen LogP contribution in [0.25, 0.3) is 0 Å². The third-order valence-corrected chi connectivity index (χ3v) is 7.40. The van der Waals surface area contributed by atoms with Crippen molar-refractivity contribution in [1.82, 2.24) is 0 Å². The summed E-state index contributed by atoms with van der Waals surface area (Å²) < 4.78 is 34.8. The van der Waals surface area contributed by atoms with E-state index in [1.165, 1.54) is 70.6 Å². The van der Waals surface area contributed by atoms with E-state index in [2.05, 4.69) is 13.8 Å². The molecule has 176 valence electrons. The van der Waals surface area contributed by atoms with Crippen LogP contribution in [0.1, 0.15) is 149 Å². The van der Waals surface area contributed by atoms with Crippen molar-refractivity contribution in [2.45, 2.75) is 154 Å².